The maximum atomic E-state index is 12.1. The van der Waals surface area contributed by atoms with Crippen molar-refractivity contribution in [3.05, 3.63) is 35.9 Å². The first-order valence-electron chi connectivity index (χ1n) is 6.55. The highest BCUT2D eigenvalue weighted by Gasteiger charge is 2.32. The predicted molar refractivity (Wildman–Crippen MR) is 71.9 cm³/mol. The zero-order valence-electron chi connectivity index (χ0n) is 11.0. The molecule has 0 bridgehead atoms. The minimum Gasteiger partial charge on any atom is -0.479 e. The van der Waals surface area contributed by atoms with Crippen molar-refractivity contribution in [3.8, 4) is 0 Å². The largest absolute Gasteiger partial charge is 0.479 e. The van der Waals surface area contributed by atoms with Crippen molar-refractivity contribution >= 4 is 11.9 Å². The SMILES string of the molecule is NCC1CCC(C(=O)N[C@H](C(=O)O)c2ccccc2)O1. The Bertz CT molecular complexity index is 477. The average Bonchev–Trinajstić information content (AvgIpc) is 2.94. The van der Waals surface area contributed by atoms with Gasteiger partial charge in [0.1, 0.15) is 6.10 Å². The summed E-state index contributed by atoms with van der Waals surface area (Å²) in [6, 6.07) is 7.51. The van der Waals surface area contributed by atoms with Crippen LogP contribution in [-0.2, 0) is 14.3 Å². The Morgan fingerprint density at radius 3 is 2.60 bits per heavy atom. The highest BCUT2D eigenvalue weighted by molar-refractivity contribution is 5.87. The predicted octanol–water partition coefficient (Wildman–Crippen LogP) is 0.435. The number of hydrogen-bond acceptors (Lipinski definition) is 4. The summed E-state index contributed by atoms with van der Waals surface area (Å²) >= 11 is 0. The standard InChI is InChI=1S/C14H18N2O4/c15-8-10-6-7-11(20-10)13(17)16-12(14(18)19)9-4-2-1-3-5-9/h1-5,10-12H,6-8,15H2,(H,16,17)(H,18,19)/t10?,11?,12-/m0/s1. The Morgan fingerprint density at radius 2 is 2.05 bits per heavy atom. The molecule has 2 unspecified atom stereocenters. The van der Waals surface area contributed by atoms with Crippen molar-refractivity contribution in [3.63, 3.8) is 0 Å². The van der Waals surface area contributed by atoms with Crippen LogP contribution in [0.3, 0.4) is 0 Å². The maximum absolute atomic E-state index is 12.1. The molecule has 1 aliphatic rings. The Labute approximate surface area is 116 Å². The highest BCUT2D eigenvalue weighted by Crippen LogP contribution is 2.20. The van der Waals surface area contributed by atoms with Gasteiger partial charge in [-0.15, -0.1) is 0 Å². The van der Waals surface area contributed by atoms with Gasteiger partial charge in [-0.3, -0.25) is 4.79 Å². The number of carboxylic acids is 1. The molecular formula is C14H18N2O4. The number of amides is 1. The topological polar surface area (TPSA) is 102 Å². The summed E-state index contributed by atoms with van der Waals surface area (Å²) in [4.78, 5) is 23.3. The zero-order chi connectivity index (χ0) is 14.5. The number of aliphatic carboxylic acids is 1. The molecule has 2 rings (SSSR count). The second kappa shape index (κ2) is 6.49. The number of nitrogens with two attached hydrogens (primary N) is 1. The summed E-state index contributed by atoms with van der Waals surface area (Å²) in [6.07, 6.45) is 0.548. The molecule has 1 aliphatic heterocycles. The van der Waals surface area contributed by atoms with Crippen molar-refractivity contribution in [2.24, 2.45) is 5.73 Å². The second-order valence-electron chi connectivity index (χ2n) is 4.75. The minimum atomic E-state index is -1.10. The van der Waals surface area contributed by atoms with E-state index in [-0.39, 0.29) is 6.10 Å². The van der Waals surface area contributed by atoms with E-state index >= 15 is 0 Å². The molecule has 4 N–H and O–H groups in total. The molecule has 1 fully saturated rings. The van der Waals surface area contributed by atoms with Gasteiger partial charge in [0.15, 0.2) is 6.04 Å². The zero-order valence-corrected chi connectivity index (χ0v) is 11.0. The smallest absolute Gasteiger partial charge is 0.330 e. The van der Waals surface area contributed by atoms with Crippen LogP contribution in [0.5, 0.6) is 0 Å². The molecule has 0 spiro atoms. The van der Waals surface area contributed by atoms with Crippen molar-refractivity contribution in [2.75, 3.05) is 6.54 Å². The Morgan fingerprint density at radius 1 is 1.35 bits per heavy atom. The third-order valence-electron chi connectivity index (χ3n) is 3.33. The van der Waals surface area contributed by atoms with E-state index in [4.69, 9.17) is 10.5 Å². The van der Waals surface area contributed by atoms with E-state index in [1.54, 1.807) is 30.3 Å². The lowest BCUT2D eigenvalue weighted by Gasteiger charge is -2.18. The summed E-state index contributed by atoms with van der Waals surface area (Å²) in [7, 11) is 0. The Balaban J connectivity index is 2.02. The van der Waals surface area contributed by atoms with E-state index in [1.807, 2.05) is 0 Å². The molecule has 6 nitrogen and oxygen atoms in total. The number of hydrogen-bond donors (Lipinski definition) is 3. The molecule has 3 atom stereocenters. The maximum Gasteiger partial charge on any atom is 0.330 e. The van der Waals surface area contributed by atoms with Gasteiger partial charge in [-0.25, -0.2) is 4.79 Å². The molecule has 1 aromatic carbocycles. The van der Waals surface area contributed by atoms with Crippen LogP contribution in [0.25, 0.3) is 0 Å². The first-order chi connectivity index (χ1) is 9.61. The molecule has 0 aliphatic carbocycles. The fourth-order valence-corrected chi connectivity index (χ4v) is 2.24. The molecule has 1 amide bonds. The van der Waals surface area contributed by atoms with Crippen LogP contribution in [-0.4, -0.2) is 35.7 Å². The quantitative estimate of drug-likeness (QED) is 0.725. The third kappa shape index (κ3) is 3.34. The molecule has 108 valence electrons. The lowest BCUT2D eigenvalue weighted by molar-refractivity contribution is -0.144. The van der Waals surface area contributed by atoms with Crippen LogP contribution in [0.15, 0.2) is 30.3 Å². The lowest BCUT2D eigenvalue weighted by atomic mass is 10.1. The van der Waals surface area contributed by atoms with Crippen LogP contribution < -0.4 is 11.1 Å². The Kier molecular flexibility index (Phi) is 4.70. The van der Waals surface area contributed by atoms with Crippen LogP contribution >= 0.6 is 0 Å². The first-order valence-corrected chi connectivity index (χ1v) is 6.55. The summed E-state index contributed by atoms with van der Waals surface area (Å²) in [5, 5.41) is 11.8. The second-order valence-corrected chi connectivity index (χ2v) is 4.75. The van der Waals surface area contributed by atoms with E-state index in [2.05, 4.69) is 5.32 Å². The molecule has 1 aromatic rings. The van der Waals surface area contributed by atoms with E-state index in [0.717, 1.165) is 6.42 Å². The van der Waals surface area contributed by atoms with Gasteiger partial charge in [0.05, 0.1) is 6.10 Å². The first kappa shape index (κ1) is 14.5. The molecule has 0 radical (unpaired) electrons. The molecule has 6 heteroatoms. The summed E-state index contributed by atoms with van der Waals surface area (Å²) in [5.41, 5.74) is 6.02. The van der Waals surface area contributed by atoms with Gasteiger partial charge in [0.2, 0.25) is 5.91 Å². The van der Waals surface area contributed by atoms with E-state index in [1.165, 1.54) is 0 Å². The van der Waals surface area contributed by atoms with E-state index in [9.17, 15) is 14.7 Å². The van der Waals surface area contributed by atoms with Gasteiger partial charge >= 0.3 is 5.97 Å². The number of rotatable bonds is 5. The van der Waals surface area contributed by atoms with Gasteiger partial charge in [-0.05, 0) is 18.4 Å². The molecule has 1 heterocycles. The van der Waals surface area contributed by atoms with Gasteiger partial charge in [-0.2, -0.15) is 0 Å². The number of carboxylic acid groups (broad SMARTS) is 1. The normalized spacial score (nSPS) is 23.2. The number of ether oxygens (including phenoxy) is 1. The van der Waals surface area contributed by atoms with Gasteiger partial charge in [0, 0.05) is 6.54 Å². The average molecular weight is 278 g/mol. The van der Waals surface area contributed by atoms with Crippen molar-refractivity contribution in [1.82, 2.24) is 5.32 Å². The van der Waals surface area contributed by atoms with Crippen LogP contribution in [0, 0.1) is 0 Å². The summed E-state index contributed by atoms with van der Waals surface area (Å²) < 4.78 is 5.46. The number of nitrogens with one attached hydrogen (secondary N) is 1. The molecule has 1 saturated heterocycles. The minimum absolute atomic E-state index is 0.120. The van der Waals surface area contributed by atoms with Gasteiger partial charge in [0.25, 0.3) is 0 Å². The summed E-state index contributed by atoms with van der Waals surface area (Å²) in [6.45, 7) is 0.366. The van der Waals surface area contributed by atoms with Crippen LogP contribution in [0.4, 0.5) is 0 Å². The number of carbonyl (C=O) groups is 2. The molecular weight excluding hydrogens is 260 g/mol. The van der Waals surface area contributed by atoms with Gasteiger partial charge in [-0.1, -0.05) is 30.3 Å². The van der Waals surface area contributed by atoms with Crippen LogP contribution in [0.2, 0.25) is 0 Å². The fourth-order valence-electron chi connectivity index (χ4n) is 2.24. The number of benzene rings is 1. The fraction of sp³-hybridized carbons (Fsp3) is 0.429. The molecule has 0 saturated carbocycles. The third-order valence-corrected chi connectivity index (χ3v) is 3.33. The highest BCUT2D eigenvalue weighted by atomic mass is 16.5. The Hall–Kier alpha value is -1.92. The van der Waals surface area contributed by atoms with Crippen molar-refractivity contribution in [2.45, 2.75) is 31.1 Å². The van der Waals surface area contributed by atoms with E-state index in [0.29, 0.717) is 18.5 Å². The summed E-state index contributed by atoms with van der Waals surface area (Å²) in [5.74, 6) is -1.50. The van der Waals surface area contributed by atoms with Crippen LogP contribution in [0.1, 0.15) is 24.4 Å². The van der Waals surface area contributed by atoms with E-state index < -0.39 is 24.0 Å². The number of carbonyl (C=O) groups excluding carboxylic acids is 1. The molecule has 0 aromatic heterocycles. The van der Waals surface area contributed by atoms with Gasteiger partial charge < -0.3 is 20.9 Å². The van der Waals surface area contributed by atoms with Crippen molar-refractivity contribution < 1.29 is 19.4 Å². The molecule has 20 heavy (non-hydrogen) atoms. The lowest BCUT2D eigenvalue weighted by Crippen LogP contribution is -2.40. The monoisotopic (exact) mass is 278 g/mol. The van der Waals surface area contributed by atoms with Crippen molar-refractivity contribution in [1.29, 1.82) is 0 Å².